The van der Waals surface area contributed by atoms with E-state index in [1.807, 2.05) is 0 Å². The molecule has 0 aromatic heterocycles. The number of anilines is 1. The molecule has 0 aliphatic heterocycles. The van der Waals surface area contributed by atoms with Crippen LogP contribution in [0.1, 0.15) is 10.4 Å². The van der Waals surface area contributed by atoms with Gasteiger partial charge in [-0.25, -0.2) is 12.7 Å². The average Bonchev–Trinajstić information content (AvgIpc) is 2.54. The van der Waals surface area contributed by atoms with E-state index < -0.39 is 20.9 Å². The first-order chi connectivity index (χ1) is 11.6. The molecule has 0 saturated carbocycles. The molecule has 0 bridgehead atoms. The third-order valence-electron chi connectivity index (χ3n) is 3.29. The van der Waals surface area contributed by atoms with E-state index in [0.29, 0.717) is 0 Å². The number of nitrogens with zero attached hydrogens (tertiary/aromatic N) is 2. The average molecular weight is 384 g/mol. The molecule has 25 heavy (non-hydrogen) atoms. The summed E-state index contributed by atoms with van der Waals surface area (Å²) in [6, 6.07) is 9.10. The van der Waals surface area contributed by atoms with E-state index in [1.54, 1.807) is 0 Å². The van der Waals surface area contributed by atoms with Gasteiger partial charge in [-0.2, -0.15) is 0 Å². The summed E-state index contributed by atoms with van der Waals surface area (Å²) >= 11 is 5.80. The summed E-state index contributed by atoms with van der Waals surface area (Å²) in [4.78, 5) is 22.7. The van der Waals surface area contributed by atoms with Crippen LogP contribution in [0.4, 0.5) is 11.4 Å². The third kappa shape index (κ3) is 4.13. The Hall–Kier alpha value is -2.49. The van der Waals surface area contributed by atoms with Crippen molar-refractivity contribution in [1.82, 2.24) is 4.31 Å². The van der Waals surface area contributed by atoms with Crippen molar-refractivity contribution in [2.45, 2.75) is 4.90 Å². The first-order valence-electron chi connectivity index (χ1n) is 6.91. The number of nitrogens with one attached hydrogen (secondary N) is 1. The molecule has 0 unspecified atom stereocenters. The Labute approximate surface area is 149 Å². The SMILES string of the molecule is CN(C)S(=O)(=O)c1ccc(NC(=O)c2cc(Cl)ccc2[N+](=O)[O-])cc1. The largest absolute Gasteiger partial charge is 0.322 e. The molecule has 0 atom stereocenters. The lowest BCUT2D eigenvalue weighted by molar-refractivity contribution is -0.385. The van der Waals surface area contributed by atoms with Crippen LogP contribution in [0.15, 0.2) is 47.4 Å². The molecule has 0 aliphatic rings. The fraction of sp³-hybridized carbons (Fsp3) is 0.133. The van der Waals surface area contributed by atoms with Crippen LogP contribution < -0.4 is 5.32 Å². The van der Waals surface area contributed by atoms with Crippen molar-refractivity contribution in [3.63, 3.8) is 0 Å². The molecular weight excluding hydrogens is 370 g/mol. The maximum absolute atomic E-state index is 12.3. The lowest BCUT2D eigenvalue weighted by Crippen LogP contribution is -2.22. The Kier molecular flexibility index (Phi) is 5.41. The van der Waals surface area contributed by atoms with Crippen molar-refractivity contribution in [3.05, 3.63) is 63.2 Å². The lowest BCUT2D eigenvalue weighted by Gasteiger charge is -2.12. The van der Waals surface area contributed by atoms with E-state index in [9.17, 15) is 23.3 Å². The molecule has 8 nitrogen and oxygen atoms in total. The minimum Gasteiger partial charge on any atom is -0.322 e. The van der Waals surface area contributed by atoms with Gasteiger partial charge < -0.3 is 5.32 Å². The zero-order chi connectivity index (χ0) is 18.8. The van der Waals surface area contributed by atoms with Gasteiger partial charge in [0.15, 0.2) is 0 Å². The van der Waals surface area contributed by atoms with Gasteiger partial charge in [0.2, 0.25) is 10.0 Å². The molecule has 1 amide bonds. The summed E-state index contributed by atoms with van der Waals surface area (Å²) in [5, 5.41) is 13.7. The predicted molar refractivity (Wildman–Crippen MR) is 93.4 cm³/mol. The van der Waals surface area contributed by atoms with E-state index in [0.717, 1.165) is 10.4 Å². The van der Waals surface area contributed by atoms with E-state index in [-0.39, 0.29) is 26.9 Å². The quantitative estimate of drug-likeness (QED) is 0.630. The second kappa shape index (κ2) is 7.18. The Morgan fingerprint density at radius 3 is 2.28 bits per heavy atom. The van der Waals surface area contributed by atoms with Gasteiger partial charge in [-0.05, 0) is 36.4 Å². The molecule has 0 aliphatic carbocycles. The number of sulfonamides is 1. The fourth-order valence-corrected chi connectivity index (χ4v) is 3.04. The van der Waals surface area contributed by atoms with Gasteiger partial charge in [0, 0.05) is 30.9 Å². The van der Waals surface area contributed by atoms with Gasteiger partial charge >= 0.3 is 0 Å². The number of nitro benzene ring substituents is 1. The highest BCUT2D eigenvalue weighted by atomic mass is 35.5. The molecule has 2 aromatic rings. The highest BCUT2D eigenvalue weighted by Gasteiger charge is 2.21. The van der Waals surface area contributed by atoms with Crippen LogP contribution >= 0.6 is 11.6 Å². The predicted octanol–water partition coefficient (Wildman–Crippen LogP) is 2.75. The topological polar surface area (TPSA) is 110 Å². The smallest absolute Gasteiger partial charge is 0.282 e. The monoisotopic (exact) mass is 383 g/mol. The molecular formula is C15H14ClN3O5S. The number of rotatable bonds is 5. The standard InChI is InChI=1S/C15H14ClN3O5S/c1-18(2)25(23,24)12-6-4-11(5-7-12)17-15(20)13-9-10(16)3-8-14(13)19(21)22/h3-9H,1-2H3,(H,17,20). The van der Waals surface area contributed by atoms with Crippen LogP contribution in [-0.2, 0) is 10.0 Å². The minimum atomic E-state index is -3.58. The molecule has 2 aromatic carbocycles. The number of benzene rings is 2. The molecule has 0 saturated heterocycles. The normalized spacial score (nSPS) is 11.4. The zero-order valence-electron chi connectivity index (χ0n) is 13.3. The van der Waals surface area contributed by atoms with Gasteiger partial charge in [-0.1, -0.05) is 11.6 Å². The van der Waals surface area contributed by atoms with E-state index in [4.69, 9.17) is 11.6 Å². The molecule has 1 N–H and O–H groups in total. The molecule has 132 valence electrons. The van der Waals surface area contributed by atoms with E-state index >= 15 is 0 Å². The van der Waals surface area contributed by atoms with Crippen LogP contribution in [0.25, 0.3) is 0 Å². The zero-order valence-corrected chi connectivity index (χ0v) is 14.8. The van der Waals surface area contributed by atoms with Crippen LogP contribution in [0.5, 0.6) is 0 Å². The first kappa shape index (κ1) is 18.8. The van der Waals surface area contributed by atoms with E-state index in [2.05, 4.69) is 5.32 Å². The van der Waals surface area contributed by atoms with Crippen LogP contribution in [0.3, 0.4) is 0 Å². The van der Waals surface area contributed by atoms with Gasteiger partial charge in [0.25, 0.3) is 11.6 Å². The fourth-order valence-electron chi connectivity index (χ4n) is 1.97. The Morgan fingerprint density at radius 1 is 1.16 bits per heavy atom. The maximum Gasteiger partial charge on any atom is 0.282 e. The number of hydrogen-bond donors (Lipinski definition) is 1. The maximum atomic E-state index is 12.3. The van der Waals surface area contributed by atoms with Gasteiger partial charge in [-0.3, -0.25) is 14.9 Å². The van der Waals surface area contributed by atoms with E-state index in [1.165, 1.54) is 50.5 Å². The first-order valence-corrected chi connectivity index (χ1v) is 8.72. The van der Waals surface area contributed by atoms with Crippen molar-refractivity contribution >= 4 is 38.9 Å². The summed E-state index contributed by atoms with van der Waals surface area (Å²) in [6.45, 7) is 0. The summed E-state index contributed by atoms with van der Waals surface area (Å²) in [6.07, 6.45) is 0. The Bertz CT molecular complexity index is 927. The number of hydrogen-bond acceptors (Lipinski definition) is 5. The van der Waals surface area contributed by atoms with Crippen molar-refractivity contribution in [2.24, 2.45) is 0 Å². The highest BCUT2D eigenvalue weighted by Crippen LogP contribution is 2.24. The summed E-state index contributed by atoms with van der Waals surface area (Å²) in [5.74, 6) is -0.725. The van der Waals surface area contributed by atoms with Crippen LogP contribution in [0.2, 0.25) is 5.02 Å². The van der Waals surface area contributed by atoms with Crippen molar-refractivity contribution < 1.29 is 18.1 Å². The summed E-state index contributed by atoms with van der Waals surface area (Å²) in [7, 11) is -0.772. The van der Waals surface area contributed by atoms with Gasteiger partial charge in [0.1, 0.15) is 5.56 Å². The number of amides is 1. The van der Waals surface area contributed by atoms with Crippen molar-refractivity contribution in [2.75, 3.05) is 19.4 Å². The molecule has 10 heteroatoms. The molecule has 2 rings (SSSR count). The number of carbonyl (C=O) groups is 1. The van der Waals surface area contributed by atoms with Crippen molar-refractivity contribution in [3.8, 4) is 0 Å². The second-order valence-corrected chi connectivity index (χ2v) is 7.77. The van der Waals surface area contributed by atoms with Crippen molar-refractivity contribution in [1.29, 1.82) is 0 Å². The second-order valence-electron chi connectivity index (χ2n) is 5.18. The summed E-state index contributed by atoms with van der Waals surface area (Å²) < 4.78 is 25.1. The van der Waals surface area contributed by atoms with Crippen LogP contribution in [0, 0.1) is 10.1 Å². The minimum absolute atomic E-state index is 0.0595. The lowest BCUT2D eigenvalue weighted by atomic mass is 10.1. The van der Waals surface area contributed by atoms with Gasteiger partial charge in [0.05, 0.1) is 9.82 Å². The third-order valence-corrected chi connectivity index (χ3v) is 5.36. The Morgan fingerprint density at radius 2 is 1.76 bits per heavy atom. The molecule has 0 fully saturated rings. The molecule has 0 spiro atoms. The number of carbonyl (C=O) groups excluding carboxylic acids is 1. The van der Waals surface area contributed by atoms with Gasteiger partial charge in [-0.15, -0.1) is 0 Å². The molecule has 0 heterocycles. The Balaban J connectivity index is 2.28. The number of nitro groups is 1. The highest BCUT2D eigenvalue weighted by molar-refractivity contribution is 7.89. The summed E-state index contributed by atoms with van der Waals surface area (Å²) in [5.41, 5.74) is -0.284. The van der Waals surface area contributed by atoms with Crippen LogP contribution in [-0.4, -0.2) is 37.6 Å². The number of halogens is 1. The molecule has 0 radical (unpaired) electrons.